The van der Waals surface area contributed by atoms with Crippen LogP contribution in [-0.2, 0) is 11.8 Å². The number of hydrogen-bond acceptors (Lipinski definition) is 3. The quantitative estimate of drug-likeness (QED) is 0.277. The summed E-state index contributed by atoms with van der Waals surface area (Å²) < 4.78 is 11.1. The molecule has 0 heterocycles. The molecule has 2 aromatic carbocycles. The second kappa shape index (κ2) is 8.51. The van der Waals surface area contributed by atoms with E-state index in [4.69, 9.17) is 31.9 Å². The fraction of sp³-hybridized carbons (Fsp3) is 0. The zero-order valence-corrected chi connectivity index (χ0v) is 12.8. The number of thiol groups is 1. The van der Waals surface area contributed by atoms with Gasteiger partial charge in [-0.1, -0.05) is 48.6 Å². The van der Waals surface area contributed by atoms with E-state index in [9.17, 15) is 0 Å². The normalized spacial score (nSPS) is 9.65. The molecule has 8 heteroatoms. The molecule has 0 atom stereocenters. The molecule has 20 heavy (non-hydrogen) atoms. The molecular formula is C12H11N3O2PS2-. The fourth-order valence-corrected chi connectivity index (χ4v) is 3.14. The summed E-state index contributed by atoms with van der Waals surface area (Å²) in [4.78, 5) is 1.50. The Balaban J connectivity index is 0.000000612. The molecule has 0 aromatic heterocycles. The van der Waals surface area contributed by atoms with Gasteiger partial charge in [-0.3, -0.25) is 4.91 Å². The molecule has 0 saturated heterocycles. The van der Waals surface area contributed by atoms with Crippen molar-refractivity contribution in [3.63, 3.8) is 0 Å². The van der Waals surface area contributed by atoms with Crippen LogP contribution in [0.3, 0.4) is 0 Å². The second-order valence-electron chi connectivity index (χ2n) is 3.37. The molecular weight excluding hydrogens is 313 g/mol. The van der Waals surface area contributed by atoms with E-state index in [1.54, 1.807) is 0 Å². The Morgan fingerprint density at radius 3 is 1.45 bits per heavy atom. The van der Waals surface area contributed by atoms with Gasteiger partial charge in [0.2, 0.25) is 0 Å². The Morgan fingerprint density at radius 1 is 0.850 bits per heavy atom. The minimum atomic E-state index is -2.61. The van der Waals surface area contributed by atoms with Gasteiger partial charge in [0.25, 0.3) is 0 Å². The van der Waals surface area contributed by atoms with Crippen molar-refractivity contribution in [2.75, 3.05) is 0 Å². The van der Waals surface area contributed by atoms with Crippen molar-refractivity contribution in [2.45, 2.75) is 0 Å². The first-order valence-corrected chi connectivity index (χ1v) is 9.17. The van der Waals surface area contributed by atoms with Crippen LogP contribution in [-0.4, -0.2) is 0 Å². The van der Waals surface area contributed by atoms with Crippen molar-refractivity contribution < 1.29 is 9.05 Å². The molecule has 0 amide bonds. The summed E-state index contributed by atoms with van der Waals surface area (Å²) in [6.07, 6.45) is 0. The summed E-state index contributed by atoms with van der Waals surface area (Å²) in [6.45, 7) is 0. The van der Waals surface area contributed by atoms with Gasteiger partial charge < -0.3 is 20.1 Å². The number of nitrogens with zero attached hydrogens (tertiary/aromatic N) is 3. The Kier molecular flexibility index (Phi) is 6.98. The minimum absolute atomic E-state index is 0.668. The van der Waals surface area contributed by atoms with Gasteiger partial charge in [0.1, 0.15) is 11.5 Å². The van der Waals surface area contributed by atoms with E-state index >= 15 is 0 Å². The summed E-state index contributed by atoms with van der Waals surface area (Å²) >= 11 is 9.53. The molecule has 0 radical (unpaired) electrons. The number of rotatable bonds is 4. The number of benzene rings is 2. The van der Waals surface area contributed by atoms with E-state index in [2.05, 4.69) is 12.2 Å². The zero-order chi connectivity index (χ0) is 14.8. The summed E-state index contributed by atoms with van der Waals surface area (Å²) in [5.74, 6) is 1.34. The predicted molar refractivity (Wildman–Crippen MR) is 87.5 cm³/mol. The Labute approximate surface area is 127 Å². The van der Waals surface area contributed by atoms with Gasteiger partial charge in [-0.15, -0.1) is 0 Å². The largest absolute Gasteiger partial charge is 0.428 e. The Bertz CT molecular complexity index is 559. The van der Waals surface area contributed by atoms with Gasteiger partial charge in [-0.2, -0.15) is 0 Å². The lowest BCUT2D eigenvalue weighted by molar-refractivity contribution is 0.507. The molecule has 0 unspecified atom stereocenters. The summed E-state index contributed by atoms with van der Waals surface area (Å²) in [5, 5.41) is 0. The third kappa shape index (κ3) is 6.50. The first kappa shape index (κ1) is 16.4. The molecule has 2 aromatic rings. The highest BCUT2D eigenvalue weighted by Crippen LogP contribution is 2.52. The molecule has 0 aliphatic heterocycles. The first-order valence-electron chi connectivity index (χ1n) is 5.38. The Morgan fingerprint density at radius 2 is 1.15 bits per heavy atom. The van der Waals surface area contributed by atoms with E-state index < -0.39 is 5.69 Å². The fourth-order valence-electron chi connectivity index (χ4n) is 1.25. The highest BCUT2D eigenvalue weighted by Gasteiger charge is 2.16. The van der Waals surface area contributed by atoms with Crippen molar-refractivity contribution in [1.29, 1.82) is 0 Å². The Hall–Kier alpha value is -1.65. The molecule has 5 nitrogen and oxygen atoms in total. The zero-order valence-electron chi connectivity index (χ0n) is 10.2. The molecule has 0 aliphatic carbocycles. The van der Waals surface area contributed by atoms with Crippen molar-refractivity contribution in [2.24, 2.45) is 0 Å². The lowest BCUT2D eigenvalue weighted by Crippen LogP contribution is -1.94. The first-order chi connectivity index (χ1) is 9.57. The van der Waals surface area contributed by atoms with Crippen molar-refractivity contribution in [1.82, 2.24) is 0 Å². The monoisotopic (exact) mass is 324 g/mol. The topological polar surface area (TPSA) is 77.2 Å². The minimum Gasteiger partial charge on any atom is -0.428 e. The second-order valence-corrected chi connectivity index (χ2v) is 8.50. The molecule has 0 saturated carbocycles. The van der Waals surface area contributed by atoms with Crippen LogP contribution in [0.15, 0.2) is 60.7 Å². The molecule has 0 fully saturated rings. The van der Waals surface area contributed by atoms with Crippen LogP contribution in [0.4, 0.5) is 0 Å². The van der Waals surface area contributed by atoms with Gasteiger partial charge in [0.15, 0.2) is 0 Å². The standard InChI is InChI=1S/C12H11O2PS2.N3/c16-15(17,13-11-7-3-1-4-8-11)14-12-9-5-2-6-10-12;1-3-2/h1-10H,(H,16,17);/q;-1. The van der Waals surface area contributed by atoms with Gasteiger partial charge in [-0.05, 0) is 36.1 Å². The van der Waals surface area contributed by atoms with Crippen molar-refractivity contribution >= 4 is 29.7 Å². The maximum absolute atomic E-state index is 6.75. The van der Waals surface area contributed by atoms with Crippen molar-refractivity contribution in [3.05, 3.63) is 76.6 Å². The third-order valence-electron chi connectivity index (χ3n) is 1.93. The molecule has 104 valence electrons. The van der Waals surface area contributed by atoms with E-state index in [-0.39, 0.29) is 0 Å². The SMILES string of the molecule is S=P(S)(Oc1ccccc1)Oc1ccccc1.[N-]=[N+]=[N-]. The maximum Gasteiger partial charge on any atom is 0.345 e. The van der Waals surface area contributed by atoms with E-state index in [1.165, 1.54) is 4.91 Å². The van der Waals surface area contributed by atoms with Crippen LogP contribution in [0, 0.1) is 0 Å². The summed E-state index contributed by atoms with van der Waals surface area (Å²) in [7, 11) is 0. The average Bonchev–Trinajstić information content (AvgIpc) is 2.40. The van der Waals surface area contributed by atoms with Crippen LogP contribution in [0.1, 0.15) is 0 Å². The third-order valence-corrected chi connectivity index (χ3v) is 3.75. The van der Waals surface area contributed by atoms with Crippen LogP contribution in [0.5, 0.6) is 11.5 Å². The molecule has 0 bridgehead atoms. The average molecular weight is 324 g/mol. The number of para-hydroxylation sites is 2. The lowest BCUT2D eigenvalue weighted by atomic mass is 10.3. The summed E-state index contributed by atoms with van der Waals surface area (Å²) in [5.41, 5.74) is 10.9. The maximum atomic E-state index is 6.75. The van der Waals surface area contributed by atoms with Gasteiger partial charge in [0.05, 0.1) is 0 Å². The van der Waals surface area contributed by atoms with Crippen LogP contribution in [0.25, 0.3) is 16.0 Å². The van der Waals surface area contributed by atoms with Crippen LogP contribution < -0.4 is 9.05 Å². The predicted octanol–water partition coefficient (Wildman–Crippen LogP) is 5.16. The molecule has 0 aliphatic rings. The molecule has 2 rings (SSSR count). The van der Waals surface area contributed by atoms with E-state index in [0.717, 1.165) is 0 Å². The van der Waals surface area contributed by atoms with Gasteiger partial charge in [-0.25, -0.2) is 0 Å². The smallest absolute Gasteiger partial charge is 0.345 e. The van der Waals surface area contributed by atoms with Crippen LogP contribution in [0.2, 0.25) is 0 Å². The number of hydrogen-bond donors (Lipinski definition) is 1. The highest BCUT2D eigenvalue weighted by atomic mass is 32.9. The lowest BCUT2D eigenvalue weighted by Gasteiger charge is -2.18. The summed E-state index contributed by atoms with van der Waals surface area (Å²) in [6, 6.07) is 18.6. The molecule has 0 spiro atoms. The van der Waals surface area contributed by atoms with Crippen molar-refractivity contribution in [3.8, 4) is 11.5 Å². The molecule has 0 N–H and O–H groups in total. The van der Waals surface area contributed by atoms with Gasteiger partial charge in [0, 0.05) is 0 Å². The van der Waals surface area contributed by atoms with E-state index in [1.807, 2.05) is 60.7 Å². The van der Waals surface area contributed by atoms with Crippen LogP contribution >= 0.6 is 17.9 Å². The van der Waals surface area contributed by atoms with Gasteiger partial charge >= 0.3 is 5.69 Å². The highest BCUT2D eigenvalue weighted by molar-refractivity contribution is 8.60. The van der Waals surface area contributed by atoms with E-state index in [0.29, 0.717) is 11.5 Å².